The molecule has 0 aliphatic rings. The molecule has 4 heteroatoms. The molecule has 0 saturated carbocycles. The zero-order chi connectivity index (χ0) is 13.4. The number of benzene rings is 1. The summed E-state index contributed by atoms with van der Waals surface area (Å²) in [6.07, 6.45) is 1.74. The first-order valence-electron chi connectivity index (χ1n) is 6.45. The van der Waals surface area contributed by atoms with Crippen molar-refractivity contribution < 1.29 is 13.5 Å². The van der Waals surface area contributed by atoms with Crippen LogP contribution < -0.4 is 5.32 Å². The Labute approximate surface area is 107 Å². The van der Waals surface area contributed by atoms with Crippen LogP contribution in [-0.4, -0.2) is 19.8 Å². The van der Waals surface area contributed by atoms with Gasteiger partial charge in [-0.05, 0) is 44.0 Å². The molecule has 0 saturated heterocycles. The van der Waals surface area contributed by atoms with Gasteiger partial charge in [0.15, 0.2) is 11.6 Å². The summed E-state index contributed by atoms with van der Waals surface area (Å²) in [5.74, 6) is -1.61. The second-order valence-corrected chi connectivity index (χ2v) is 4.17. The van der Waals surface area contributed by atoms with Crippen molar-refractivity contribution in [1.29, 1.82) is 0 Å². The van der Waals surface area contributed by atoms with Crippen molar-refractivity contribution in [1.82, 2.24) is 5.32 Å². The van der Waals surface area contributed by atoms with E-state index in [0.717, 1.165) is 24.9 Å². The third kappa shape index (κ3) is 4.70. The van der Waals surface area contributed by atoms with Crippen LogP contribution in [0.15, 0.2) is 18.2 Å². The topological polar surface area (TPSA) is 21.3 Å². The summed E-state index contributed by atoms with van der Waals surface area (Å²) in [5, 5.41) is 3.32. The number of hydrogen-bond donors (Lipinski definition) is 1. The molecule has 0 spiro atoms. The summed E-state index contributed by atoms with van der Waals surface area (Å²) < 4.78 is 31.4. The van der Waals surface area contributed by atoms with E-state index >= 15 is 0 Å². The van der Waals surface area contributed by atoms with Crippen molar-refractivity contribution in [2.75, 3.05) is 19.8 Å². The largest absolute Gasteiger partial charge is 0.382 e. The lowest BCUT2D eigenvalue weighted by molar-refractivity contribution is 0.136. The molecule has 0 amide bonds. The van der Waals surface area contributed by atoms with Gasteiger partial charge in [0.1, 0.15) is 0 Å². The first kappa shape index (κ1) is 15.1. The van der Waals surface area contributed by atoms with Gasteiger partial charge in [-0.25, -0.2) is 8.78 Å². The highest BCUT2D eigenvalue weighted by Crippen LogP contribution is 2.19. The Kier molecular flexibility index (Phi) is 6.83. The Morgan fingerprint density at radius 3 is 2.61 bits per heavy atom. The summed E-state index contributed by atoms with van der Waals surface area (Å²) in [7, 11) is 0. The molecule has 0 aliphatic heterocycles. The molecule has 0 heterocycles. The molecule has 1 atom stereocenters. The van der Waals surface area contributed by atoms with Crippen molar-refractivity contribution in [3.63, 3.8) is 0 Å². The van der Waals surface area contributed by atoms with Gasteiger partial charge in [-0.2, -0.15) is 0 Å². The van der Waals surface area contributed by atoms with Gasteiger partial charge in [-0.1, -0.05) is 13.0 Å². The van der Waals surface area contributed by atoms with Crippen molar-refractivity contribution >= 4 is 0 Å². The summed E-state index contributed by atoms with van der Waals surface area (Å²) >= 11 is 0. The molecule has 0 fully saturated rings. The molecule has 0 aliphatic carbocycles. The van der Waals surface area contributed by atoms with Crippen molar-refractivity contribution in [2.24, 2.45) is 0 Å². The smallest absolute Gasteiger partial charge is 0.159 e. The minimum atomic E-state index is -0.808. The average Bonchev–Trinajstić information content (AvgIpc) is 2.37. The molecule has 1 rings (SSSR count). The molecule has 0 aromatic heterocycles. The van der Waals surface area contributed by atoms with E-state index in [4.69, 9.17) is 4.74 Å². The van der Waals surface area contributed by atoms with E-state index in [9.17, 15) is 8.78 Å². The van der Waals surface area contributed by atoms with E-state index in [0.29, 0.717) is 13.2 Å². The van der Waals surface area contributed by atoms with Crippen molar-refractivity contribution in [3.05, 3.63) is 35.4 Å². The molecule has 1 unspecified atom stereocenters. The van der Waals surface area contributed by atoms with Crippen LogP contribution in [0, 0.1) is 11.6 Å². The molecule has 1 N–H and O–H groups in total. The maximum Gasteiger partial charge on any atom is 0.159 e. The zero-order valence-corrected chi connectivity index (χ0v) is 11.0. The Morgan fingerprint density at radius 1 is 1.22 bits per heavy atom. The predicted octanol–water partition coefficient (Wildman–Crippen LogP) is 3.43. The fraction of sp³-hybridized carbons (Fsp3) is 0.571. The number of ether oxygens (including phenoxy) is 1. The molecule has 2 nitrogen and oxygen atoms in total. The second kappa shape index (κ2) is 8.16. The first-order valence-corrected chi connectivity index (χ1v) is 6.45. The molecule has 0 radical (unpaired) electrons. The maximum absolute atomic E-state index is 13.2. The molecule has 102 valence electrons. The van der Waals surface area contributed by atoms with Crippen LogP contribution in [0.5, 0.6) is 0 Å². The standard InChI is InChI=1S/C14H21F2NO/c1-3-8-17-14(7-9-18-4-2)11-5-6-12(15)13(16)10-11/h5-6,10,14,17H,3-4,7-9H2,1-2H3. The van der Waals surface area contributed by atoms with Crippen molar-refractivity contribution in [2.45, 2.75) is 32.7 Å². The number of hydrogen-bond acceptors (Lipinski definition) is 2. The third-order valence-corrected chi connectivity index (χ3v) is 2.74. The van der Waals surface area contributed by atoms with Crippen LogP contribution in [0.1, 0.15) is 38.3 Å². The minimum absolute atomic E-state index is 0.00611. The van der Waals surface area contributed by atoms with Gasteiger partial charge in [0.2, 0.25) is 0 Å². The Morgan fingerprint density at radius 2 is 2.00 bits per heavy atom. The van der Waals surface area contributed by atoms with Crippen LogP contribution >= 0.6 is 0 Å². The van der Waals surface area contributed by atoms with Gasteiger partial charge in [0.25, 0.3) is 0 Å². The van der Waals surface area contributed by atoms with Crippen LogP contribution in [0.3, 0.4) is 0 Å². The monoisotopic (exact) mass is 257 g/mol. The second-order valence-electron chi connectivity index (χ2n) is 4.17. The molecular weight excluding hydrogens is 236 g/mol. The third-order valence-electron chi connectivity index (χ3n) is 2.74. The van der Waals surface area contributed by atoms with Crippen LogP contribution in [0.25, 0.3) is 0 Å². The fourth-order valence-corrected chi connectivity index (χ4v) is 1.78. The maximum atomic E-state index is 13.2. The lowest BCUT2D eigenvalue weighted by Gasteiger charge is -2.19. The highest BCUT2D eigenvalue weighted by atomic mass is 19.2. The normalized spacial score (nSPS) is 12.7. The molecular formula is C14H21F2NO. The summed E-state index contributed by atoms with van der Waals surface area (Å²) in [6.45, 7) is 6.12. The highest BCUT2D eigenvalue weighted by Gasteiger charge is 2.13. The van der Waals surface area contributed by atoms with Gasteiger partial charge in [0.05, 0.1) is 0 Å². The summed E-state index contributed by atoms with van der Waals surface area (Å²) in [4.78, 5) is 0. The Balaban J connectivity index is 2.70. The van der Waals surface area contributed by atoms with Gasteiger partial charge in [-0.15, -0.1) is 0 Å². The van der Waals surface area contributed by atoms with Gasteiger partial charge < -0.3 is 10.1 Å². The van der Waals surface area contributed by atoms with Crippen LogP contribution in [-0.2, 0) is 4.74 Å². The molecule has 0 bridgehead atoms. The SMILES string of the molecule is CCCNC(CCOCC)c1ccc(F)c(F)c1. The van der Waals surface area contributed by atoms with E-state index in [1.807, 2.05) is 6.92 Å². The summed E-state index contributed by atoms with van der Waals surface area (Å²) in [5.41, 5.74) is 0.766. The highest BCUT2D eigenvalue weighted by molar-refractivity contribution is 5.21. The van der Waals surface area contributed by atoms with E-state index in [1.54, 1.807) is 6.07 Å². The summed E-state index contributed by atoms with van der Waals surface area (Å²) in [6, 6.07) is 4.06. The lowest BCUT2D eigenvalue weighted by Crippen LogP contribution is -2.23. The first-order chi connectivity index (χ1) is 8.69. The average molecular weight is 257 g/mol. The van der Waals surface area contributed by atoms with Gasteiger partial charge in [0, 0.05) is 19.3 Å². The van der Waals surface area contributed by atoms with E-state index in [-0.39, 0.29) is 6.04 Å². The number of rotatable bonds is 8. The predicted molar refractivity (Wildman–Crippen MR) is 68.5 cm³/mol. The molecule has 18 heavy (non-hydrogen) atoms. The zero-order valence-electron chi connectivity index (χ0n) is 11.0. The van der Waals surface area contributed by atoms with Gasteiger partial charge in [-0.3, -0.25) is 0 Å². The minimum Gasteiger partial charge on any atom is -0.382 e. The Hall–Kier alpha value is -1.00. The fourth-order valence-electron chi connectivity index (χ4n) is 1.78. The number of nitrogens with one attached hydrogen (secondary N) is 1. The molecule has 1 aromatic carbocycles. The van der Waals surface area contributed by atoms with E-state index < -0.39 is 11.6 Å². The van der Waals surface area contributed by atoms with E-state index in [2.05, 4.69) is 12.2 Å². The van der Waals surface area contributed by atoms with Gasteiger partial charge >= 0.3 is 0 Å². The lowest BCUT2D eigenvalue weighted by atomic mass is 10.0. The van der Waals surface area contributed by atoms with Crippen molar-refractivity contribution in [3.8, 4) is 0 Å². The quantitative estimate of drug-likeness (QED) is 0.720. The van der Waals surface area contributed by atoms with Crippen LogP contribution in [0.4, 0.5) is 8.78 Å². The number of halogens is 2. The van der Waals surface area contributed by atoms with Crippen LogP contribution in [0.2, 0.25) is 0 Å². The Bertz CT molecular complexity index is 358. The van der Waals surface area contributed by atoms with E-state index in [1.165, 1.54) is 12.1 Å². The molecule has 1 aromatic rings.